The van der Waals surface area contributed by atoms with Gasteiger partial charge in [-0.15, -0.1) is 11.3 Å². The smallest absolute Gasteiger partial charge is 0.355 e. The van der Waals surface area contributed by atoms with E-state index in [1.54, 1.807) is 0 Å². The minimum atomic E-state index is -1.09. The minimum absolute atomic E-state index is 0.0187. The van der Waals surface area contributed by atoms with Gasteiger partial charge in [-0.25, -0.2) is 9.78 Å². The first-order valence-corrected chi connectivity index (χ1v) is 7.42. The summed E-state index contributed by atoms with van der Waals surface area (Å²) in [5.41, 5.74) is 0.215. The Morgan fingerprint density at radius 2 is 2.14 bits per heavy atom. The zero-order valence-corrected chi connectivity index (χ0v) is 12.1. The fourth-order valence-corrected chi connectivity index (χ4v) is 2.92. The lowest BCUT2D eigenvalue weighted by Crippen LogP contribution is -2.25. The van der Waals surface area contributed by atoms with Crippen molar-refractivity contribution in [1.29, 1.82) is 0 Å². The molecule has 0 saturated heterocycles. The van der Waals surface area contributed by atoms with E-state index in [9.17, 15) is 19.7 Å². The first-order valence-electron chi connectivity index (χ1n) is 5.66. The summed E-state index contributed by atoms with van der Waals surface area (Å²) >= 11 is 2.09. The van der Waals surface area contributed by atoms with Crippen LogP contribution in [0.4, 0.5) is 5.00 Å². The molecule has 0 atom stereocenters. The van der Waals surface area contributed by atoms with Crippen LogP contribution in [-0.4, -0.2) is 33.4 Å². The number of thiazole rings is 1. The first-order chi connectivity index (χ1) is 9.97. The number of aromatic carboxylic acids is 1. The number of carboxylic acids is 1. The van der Waals surface area contributed by atoms with Crippen LogP contribution in [0.1, 0.15) is 25.9 Å². The number of carbonyl (C=O) groups excluding carboxylic acids is 1. The third-order valence-corrected chi connectivity index (χ3v) is 4.21. The van der Waals surface area contributed by atoms with Crippen LogP contribution in [0.5, 0.6) is 0 Å². The molecule has 1 amide bonds. The highest BCUT2D eigenvalue weighted by Crippen LogP contribution is 2.22. The molecule has 0 saturated carbocycles. The Bertz CT molecular complexity index is 694. The molecular weight excluding hydrogens is 318 g/mol. The van der Waals surface area contributed by atoms with E-state index in [4.69, 9.17) is 5.11 Å². The van der Waals surface area contributed by atoms with Crippen molar-refractivity contribution in [3.8, 4) is 0 Å². The monoisotopic (exact) mass is 327 g/mol. The normalized spacial score (nSPS) is 10.3. The van der Waals surface area contributed by atoms with Crippen molar-refractivity contribution in [1.82, 2.24) is 10.3 Å². The van der Waals surface area contributed by atoms with Gasteiger partial charge in [-0.2, -0.15) is 0 Å². The maximum atomic E-state index is 11.7. The Hall–Kier alpha value is -2.33. The summed E-state index contributed by atoms with van der Waals surface area (Å²) in [5.74, 6) is -1.50. The molecule has 0 radical (unpaired) electrons. The number of thiophene rings is 1. The van der Waals surface area contributed by atoms with Gasteiger partial charge in [-0.1, -0.05) is 11.3 Å². The molecule has 0 aliphatic rings. The lowest BCUT2D eigenvalue weighted by Gasteiger charge is -2.01. The van der Waals surface area contributed by atoms with Gasteiger partial charge in [0.15, 0.2) is 5.69 Å². The minimum Gasteiger partial charge on any atom is -0.476 e. The Kier molecular flexibility index (Phi) is 4.60. The number of carboxylic acid groups (broad SMARTS) is 1. The highest BCUT2D eigenvalue weighted by Gasteiger charge is 2.15. The average Bonchev–Trinajstić information content (AvgIpc) is 3.07. The van der Waals surface area contributed by atoms with Crippen LogP contribution in [0.15, 0.2) is 16.8 Å². The molecule has 0 unspecified atom stereocenters. The van der Waals surface area contributed by atoms with Crippen molar-refractivity contribution in [2.24, 2.45) is 0 Å². The van der Waals surface area contributed by atoms with Crippen molar-refractivity contribution in [3.05, 3.63) is 43.2 Å². The molecule has 0 aromatic carbocycles. The van der Waals surface area contributed by atoms with Crippen molar-refractivity contribution < 1.29 is 19.6 Å². The lowest BCUT2D eigenvalue weighted by atomic mass is 10.3. The summed E-state index contributed by atoms with van der Waals surface area (Å²) in [6.07, 6.45) is 0.399. The number of hydrogen-bond acceptors (Lipinski definition) is 7. The summed E-state index contributed by atoms with van der Waals surface area (Å²) in [5, 5.41) is 25.2. The van der Waals surface area contributed by atoms with E-state index in [0.717, 1.165) is 11.3 Å². The fourth-order valence-electron chi connectivity index (χ4n) is 1.45. The maximum absolute atomic E-state index is 11.7. The van der Waals surface area contributed by atoms with Gasteiger partial charge in [0.05, 0.1) is 15.5 Å². The van der Waals surface area contributed by atoms with Crippen molar-refractivity contribution in [3.63, 3.8) is 0 Å². The average molecular weight is 327 g/mol. The van der Waals surface area contributed by atoms with Gasteiger partial charge in [0.25, 0.3) is 5.91 Å². The Morgan fingerprint density at radius 3 is 2.71 bits per heavy atom. The highest BCUT2D eigenvalue weighted by atomic mass is 32.1. The van der Waals surface area contributed by atoms with Crippen LogP contribution < -0.4 is 5.32 Å². The summed E-state index contributed by atoms with van der Waals surface area (Å²) in [7, 11) is 0. The van der Waals surface area contributed by atoms with E-state index in [-0.39, 0.29) is 22.8 Å². The van der Waals surface area contributed by atoms with Gasteiger partial charge < -0.3 is 10.4 Å². The number of aromatic nitrogens is 1. The lowest BCUT2D eigenvalue weighted by molar-refractivity contribution is -0.380. The van der Waals surface area contributed by atoms with E-state index in [1.807, 2.05) is 0 Å². The Labute approximate surface area is 126 Å². The molecule has 110 valence electrons. The number of nitrogens with one attached hydrogen (secondary N) is 1. The standard InChI is InChI=1S/C11H9N3O5S2/c15-10(6-3-9(14(18)19)21-4-6)12-2-1-8-13-7(5-20-8)11(16)17/h3-5H,1-2H2,(H,12,15)(H,16,17). The predicted octanol–water partition coefficient (Wildman–Crippen LogP) is 1.78. The quantitative estimate of drug-likeness (QED) is 0.616. The molecule has 0 spiro atoms. The third kappa shape index (κ3) is 3.83. The molecule has 0 bridgehead atoms. The van der Waals surface area contributed by atoms with E-state index < -0.39 is 16.8 Å². The van der Waals surface area contributed by atoms with Crippen LogP contribution in [0.3, 0.4) is 0 Å². The molecule has 2 N–H and O–H groups in total. The summed E-state index contributed by atoms with van der Waals surface area (Å²) in [6.45, 7) is 0.273. The zero-order chi connectivity index (χ0) is 15.4. The second-order valence-corrected chi connectivity index (χ2v) is 5.70. The Morgan fingerprint density at radius 1 is 1.38 bits per heavy atom. The van der Waals surface area contributed by atoms with Crippen molar-refractivity contribution in [2.45, 2.75) is 6.42 Å². The van der Waals surface area contributed by atoms with Gasteiger partial charge >= 0.3 is 11.0 Å². The van der Waals surface area contributed by atoms with Crippen LogP contribution in [0.25, 0.3) is 0 Å². The molecular formula is C11H9N3O5S2. The van der Waals surface area contributed by atoms with E-state index in [1.165, 1.54) is 28.2 Å². The number of amides is 1. The molecule has 2 aromatic heterocycles. The number of carbonyl (C=O) groups is 2. The molecule has 0 aliphatic heterocycles. The van der Waals surface area contributed by atoms with Crippen LogP contribution in [-0.2, 0) is 6.42 Å². The van der Waals surface area contributed by atoms with E-state index >= 15 is 0 Å². The second-order valence-electron chi connectivity index (χ2n) is 3.87. The van der Waals surface area contributed by atoms with Crippen molar-refractivity contribution >= 4 is 39.6 Å². The molecule has 21 heavy (non-hydrogen) atoms. The highest BCUT2D eigenvalue weighted by molar-refractivity contribution is 7.13. The number of rotatable bonds is 6. The zero-order valence-electron chi connectivity index (χ0n) is 10.4. The van der Waals surface area contributed by atoms with Gasteiger partial charge in [-0.05, 0) is 0 Å². The second kappa shape index (κ2) is 6.41. The molecule has 2 rings (SSSR count). The first kappa shape index (κ1) is 15.1. The maximum Gasteiger partial charge on any atom is 0.355 e. The predicted molar refractivity (Wildman–Crippen MR) is 76.1 cm³/mol. The summed E-state index contributed by atoms with van der Waals surface area (Å²) < 4.78 is 0. The van der Waals surface area contributed by atoms with E-state index in [0.29, 0.717) is 11.4 Å². The van der Waals surface area contributed by atoms with Crippen molar-refractivity contribution in [2.75, 3.05) is 6.54 Å². The molecule has 0 aliphatic carbocycles. The van der Waals surface area contributed by atoms with Crippen LogP contribution in [0, 0.1) is 10.1 Å². The van der Waals surface area contributed by atoms with Gasteiger partial charge in [0.2, 0.25) is 0 Å². The molecule has 10 heteroatoms. The third-order valence-electron chi connectivity index (χ3n) is 2.42. The fraction of sp³-hybridized carbons (Fsp3) is 0.182. The largest absolute Gasteiger partial charge is 0.476 e. The van der Waals surface area contributed by atoms with E-state index in [2.05, 4.69) is 10.3 Å². The summed E-state index contributed by atoms with van der Waals surface area (Å²) in [4.78, 5) is 36.3. The Balaban J connectivity index is 1.85. The number of hydrogen-bond donors (Lipinski definition) is 2. The molecule has 2 aromatic rings. The molecule has 0 fully saturated rings. The SMILES string of the molecule is O=C(NCCc1nc(C(=O)O)cs1)c1csc([N+](=O)[O-])c1. The molecule has 8 nitrogen and oxygen atoms in total. The van der Waals surface area contributed by atoms with Gasteiger partial charge in [0, 0.05) is 29.8 Å². The van der Waals surface area contributed by atoms with Gasteiger partial charge in [0.1, 0.15) is 0 Å². The number of nitrogens with zero attached hydrogens (tertiary/aromatic N) is 2. The van der Waals surface area contributed by atoms with Crippen LogP contribution >= 0.6 is 22.7 Å². The van der Waals surface area contributed by atoms with Gasteiger partial charge in [-0.3, -0.25) is 14.9 Å². The summed E-state index contributed by atoms with van der Waals surface area (Å²) in [6, 6.07) is 1.21. The topological polar surface area (TPSA) is 122 Å². The van der Waals surface area contributed by atoms with Crippen LogP contribution in [0.2, 0.25) is 0 Å². The number of nitro groups is 1. The molecule has 2 heterocycles.